The summed E-state index contributed by atoms with van der Waals surface area (Å²) in [6, 6.07) is 5.30. The van der Waals surface area contributed by atoms with Gasteiger partial charge in [0.25, 0.3) is 0 Å². The monoisotopic (exact) mass is 292 g/mol. The molecule has 1 aliphatic heterocycles. The lowest BCUT2D eigenvalue weighted by Gasteiger charge is -2.37. The van der Waals surface area contributed by atoms with Gasteiger partial charge >= 0.3 is 5.97 Å². The smallest absolute Gasteiger partial charge is 0.328 e. The predicted octanol–water partition coefficient (Wildman–Crippen LogP) is 2.45. The van der Waals surface area contributed by atoms with Crippen LogP contribution in [0.25, 0.3) is 6.08 Å². The highest BCUT2D eigenvalue weighted by atomic mass is 19.1. The number of carbonyl (C=O) groups is 1. The molecule has 1 atom stereocenters. The van der Waals surface area contributed by atoms with E-state index in [-0.39, 0.29) is 5.82 Å². The number of halogens is 1. The molecule has 21 heavy (non-hydrogen) atoms. The first kappa shape index (κ1) is 15.5. The molecular weight excluding hydrogens is 271 g/mol. The molecule has 0 saturated carbocycles. The fourth-order valence-electron chi connectivity index (χ4n) is 2.65. The fraction of sp³-hybridized carbons (Fsp3) is 0.438. The number of hydrogen-bond donors (Lipinski definition) is 1. The number of piperidine rings is 1. The van der Waals surface area contributed by atoms with Crippen molar-refractivity contribution < 1.29 is 14.3 Å². The van der Waals surface area contributed by atoms with Crippen molar-refractivity contribution in [1.29, 1.82) is 0 Å². The number of aliphatic carboxylic acids is 1. The van der Waals surface area contributed by atoms with Crippen molar-refractivity contribution in [1.82, 2.24) is 4.90 Å². The summed E-state index contributed by atoms with van der Waals surface area (Å²) in [6.45, 7) is 1.67. The summed E-state index contributed by atoms with van der Waals surface area (Å²) < 4.78 is 14.3. The van der Waals surface area contributed by atoms with E-state index in [4.69, 9.17) is 5.11 Å². The lowest BCUT2D eigenvalue weighted by atomic mass is 10.0. The summed E-state index contributed by atoms with van der Waals surface area (Å²) in [5, 5.41) is 8.59. The van der Waals surface area contributed by atoms with Gasteiger partial charge in [0.2, 0.25) is 0 Å². The highest BCUT2D eigenvalue weighted by Crippen LogP contribution is 2.25. The van der Waals surface area contributed by atoms with Gasteiger partial charge in [0.1, 0.15) is 5.82 Å². The first-order valence-electron chi connectivity index (χ1n) is 7.09. The number of anilines is 1. The van der Waals surface area contributed by atoms with Crippen LogP contribution in [0.5, 0.6) is 0 Å². The Bertz CT molecular complexity index is 543. The third-order valence-corrected chi connectivity index (χ3v) is 3.86. The van der Waals surface area contributed by atoms with Crippen molar-refractivity contribution >= 4 is 17.7 Å². The third-order valence-electron chi connectivity index (χ3n) is 3.86. The first-order valence-corrected chi connectivity index (χ1v) is 7.09. The van der Waals surface area contributed by atoms with E-state index in [1.165, 1.54) is 12.1 Å². The average molecular weight is 292 g/mol. The van der Waals surface area contributed by atoms with E-state index in [2.05, 4.69) is 9.80 Å². The van der Waals surface area contributed by atoms with Gasteiger partial charge in [0.15, 0.2) is 0 Å². The molecule has 1 N–H and O–H groups in total. The summed E-state index contributed by atoms with van der Waals surface area (Å²) in [6.07, 6.45) is 4.58. The van der Waals surface area contributed by atoms with Crippen LogP contribution < -0.4 is 4.90 Å². The van der Waals surface area contributed by atoms with Crippen molar-refractivity contribution in [3.05, 3.63) is 35.7 Å². The minimum absolute atomic E-state index is 0.304. The molecule has 1 fully saturated rings. The van der Waals surface area contributed by atoms with Gasteiger partial charge in [0.05, 0.1) is 5.69 Å². The van der Waals surface area contributed by atoms with E-state index in [1.54, 1.807) is 12.1 Å². The van der Waals surface area contributed by atoms with Crippen molar-refractivity contribution in [3.8, 4) is 0 Å². The first-order chi connectivity index (χ1) is 9.97. The summed E-state index contributed by atoms with van der Waals surface area (Å²) in [5.41, 5.74) is 1.15. The number of likely N-dealkylation sites (N-methyl/N-ethyl adjacent to an activating group) is 1. The van der Waals surface area contributed by atoms with Crippen LogP contribution in [0.15, 0.2) is 24.3 Å². The molecule has 2 rings (SSSR count). The molecule has 0 bridgehead atoms. The largest absolute Gasteiger partial charge is 0.478 e. The molecule has 1 saturated heterocycles. The van der Waals surface area contributed by atoms with Gasteiger partial charge in [-0.2, -0.15) is 0 Å². The van der Waals surface area contributed by atoms with Crippen LogP contribution in [0.4, 0.5) is 10.1 Å². The maximum absolute atomic E-state index is 14.3. The van der Waals surface area contributed by atoms with Crippen molar-refractivity contribution in [2.24, 2.45) is 0 Å². The van der Waals surface area contributed by atoms with Gasteiger partial charge in [-0.1, -0.05) is 6.07 Å². The molecule has 0 amide bonds. The number of hydrogen-bond acceptors (Lipinski definition) is 3. The van der Waals surface area contributed by atoms with Crippen LogP contribution >= 0.6 is 0 Å². The number of carboxylic acids is 1. The Balaban J connectivity index is 2.15. The zero-order chi connectivity index (χ0) is 15.4. The Morgan fingerprint density at radius 1 is 1.48 bits per heavy atom. The zero-order valence-corrected chi connectivity index (χ0v) is 12.4. The molecule has 114 valence electrons. The lowest BCUT2D eigenvalue weighted by Crippen LogP contribution is -2.45. The lowest BCUT2D eigenvalue weighted by molar-refractivity contribution is -0.131. The van der Waals surface area contributed by atoms with E-state index < -0.39 is 5.97 Å². The Labute approximate surface area is 124 Å². The molecule has 0 spiro atoms. The van der Waals surface area contributed by atoms with Crippen LogP contribution in [0.3, 0.4) is 0 Å². The second-order valence-corrected chi connectivity index (χ2v) is 5.59. The molecule has 1 aliphatic rings. The SMILES string of the molecule is CN(C)C1CCCN(c2ccc(C=CC(=O)O)cc2F)C1. The van der Waals surface area contributed by atoms with Crippen LogP contribution in [-0.2, 0) is 4.79 Å². The maximum atomic E-state index is 14.3. The van der Waals surface area contributed by atoms with Gasteiger partial charge in [-0.05, 0) is 50.7 Å². The molecule has 0 radical (unpaired) electrons. The highest BCUT2D eigenvalue weighted by molar-refractivity contribution is 5.85. The average Bonchev–Trinajstić information content (AvgIpc) is 2.45. The van der Waals surface area contributed by atoms with E-state index in [0.717, 1.165) is 32.0 Å². The number of nitrogens with zero attached hydrogens (tertiary/aromatic N) is 2. The van der Waals surface area contributed by atoms with Crippen molar-refractivity contribution in [3.63, 3.8) is 0 Å². The van der Waals surface area contributed by atoms with Gasteiger partial charge in [-0.3, -0.25) is 0 Å². The van der Waals surface area contributed by atoms with E-state index >= 15 is 0 Å². The summed E-state index contributed by atoms with van der Waals surface area (Å²) in [7, 11) is 4.09. The molecule has 1 heterocycles. The summed E-state index contributed by atoms with van der Waals surface area (Å²) in [5.74, 6) is -1.34. The number of rotatable bonds is 4. The molecule has 5 heteroatoms. The van der Waals surface area contributed by atoms with Gasteiger partial charge in [0, 0.05) is 25.2 Å². The minimum atomic E-state index is -1.04. The molecule has 0 aromatic heterocycles. The van der Waals surface area contributed by atoms with Crippen molar-refractivity contribution in [2.45, 2.75) is 18.9 Å². The maximum Gasteiger partial charge on any atom is 0.328 e. The van der Waals surface area contributed by atoms with Crippen LogP contribution in [0.1, 0.15) is 18.4 Å². The molecule has 4 nitrogen and oxygen atoms in total. The summed E-state index contributed by atoms with van der Waals surface area (Å²) in [4.78, 5) is 14.7. The van der Waals surface area contributed by atoms with E-state index in [9.17, 15) is 9.18 Å². The number of benzene rings is 1. The zero-order valence-electron chi connectivity index (χ0n) is 12.4. The molecule has 1 aromatic rings. The third kappa shape index (κ3) is 4.04. The highest BCUT2D eigenvalue weighted by Gasteiger charge is 2.23. The fourth-order valence-corrected chi connectivity index (χ4v) is 2.65. The minimum Gasteiger partial charge on any atom is -0.478 e. The van der Waals surface area contributed by atoms with Gasteiger partial charge < -0.3 is 14.9 Å². The van der Waals surface area contributed by atoms with Crippen LogP contribution in [0, 0.1) is 5.82 Å². The Kier molecular flexibility index (Phi) is 4.96. The Morgan fingerprint density at radius 2 is 2.24 bits per heavy atom. The van der Waals surface area contributed by atoms with Gasteiger partial charge in [-0.15, -0.1) is 0 Å². The second kappa shape index (κ2) is 6.72. The van der Waals surface area contributed by atoms with Crippen molar-refractivity contribution in [2.75, 3.05) is 32.1 Å². The Morgan fingerprint density at radius 3 is 2.86 bits per heavy atom. The van der Waals surface area contributed by atoms with Gasteiger partial charge in [-0.25, -0.2) is 9.18 Å². The second-order valence-electron chi connectivity index (χ2n) is 5.59. The van der Waals surface area contributed by atoms with Crippen LogP contribution in [-0.4, -0.2) is 49.2 Å². The quantitative estimate of drug-likeness (QED) is 0.866. The molecule has 0 aliphatic carbocycles. The Hall–Kier alpha value is -1.88. The molecule has 1 aromatic carbocycles. The normalized spacial score (nSPS) is 19.4. The van der Waals surface area contributed by atoms with E-state index in [0.29, 0.717) is 17.3 Å². The molecule has 1 unspecified atom stereocenters. The van der Waals surface area contributed by atoms with E-state index in [1.807, 2.05) is 14.1 Å². The van der Waals surface area contributed by atoms with Crippen LogP contribution in [0.2, 0.25) is 0 Å². The standard InChI is InChI=1S/C16H21FN2O2/c1-18(2)13-4-3-9-19(11-13)15-7-5-12(10-14(15)17)6-8-16(20)21/h5-8,10,13H,3-4,9,11H2,1-2H3,(H,20,21). The predicted molar refractivity (Wildman–Crippen MR) is 82.0 cm³/mol. The topological polar surface area (TPSA) is 43.8 Å². The number of carboxylic acid groups (broad SMARTS) is 1. The summed E-state index contributed by atoms with van der Waals surface area (Å²) >= 11 is 0. The molecular formula is C16H21FN2O2.